The van der Waals surface area contributed by atoms with Crippen molar-refractivity contribution >= 4 is 11.3 Å². The third-order valence-corrected chi connectivity index (χ3v) is 3.83. The molecule has 3 aromatic rings. The molecular weight excluding hydrogens is 268 g/mol. The molecule has 0 fully saturated rings. The van der Waals surface area contributed by atoms with E-state index in [9.17, 15) is 0 Å². The summed E-state index contributed by atoms with van der Waals surface area (Å²) in [6.07, 6.45) is 3.97. The Hall–Kier alpha value is -1.98. The van der Waals surface area contributed by atoms with Gasteiger partial charge in [0.05, 0.1) is 23.1 Å². The number of thiazole rings is 1. The summed E-state index contributed by atoms with van der Waals surface area (Å²) in [5.74, 6) is 0. The number of aromatic nitrogens is 3. The Morgan fingerprint density at radius 1 is 1.30 bits per heavy atom. The van der Waals surface area contributed by atoms with E-state index in [4.69, 9.17) is 0 Å². The van der Waals surface area contributed by atoms with Gasteiger partial charge in [-0.05, 0) is 19.1 Å². The maximum absolute atomic E-state index is 4.42. The summed E-state index contributed by atoms with van der Waals surface area (Å²) in [7, 11) is 0. The maximum Gasteiger partial charge on any atom is 0.0795 e. The SMILES string of the molecule is CC(NCc1cscn1)c1cnn(-c2ccccc2)c1. The van der Waals surface area contributed by atoms with Crippen LogP contribution >= 0.6 is 11.3 Å². The molecule has 0 amide bonds. The lowest BCUT2D eigenvalue weighted by Gasteiger charge is -2.10. The fourth-order valence-corrected chi connectivity index (χ4v) is 2.54. The number of para-hydroxylation sites is 1. The topological polar surface area (TPSA) is 42.7 Å². The molecule has 0 saturated carbocycles. The highest BCUT2D eigenvalue weighted by Crippen LogP contribution is 2.15. The van der Waals surface area contributed by atoms with E-state index in [1.807, 2.05) is 46.7 Å². The van der Waals surface area contributed by atoms with Gasteiger partial charge in [-0.25, -0.2) is 9.67 Å². The van der Waals surface area contributed by atoms with Crippen LogP contribution in [0.3, 0.4) is 0 Å². The predicted molar refractivity (Wildman–Crippen MR) is 80.9 cm³/mol. The van der Waals surface area contributed by atoms with Gasteiger partial charge in [0.2, 0.25) is 0 Å². The van der Waals surface area contributed by atoms with Gasteiger partial charge in [-0.15, -0.1) is 11.3 Å². The number of benzene rings is 1. The molecule has 102 valence electrons. The quantitative estimate of drug-likeness (QED) is 0.782. The molecule has 1 aromatic carbocycles. The van der Waals surface area contributed by atoms with Gasteiger partial charge in [-0.1, -0.05) is 18.2 Å². The molecule has 3 rings (SSSR count). The Morgan fingerprint density at radius 3 is 2.90 bits per heavy atom. The standard InChI is InChI=1S/C15H16N4S/c1-12(16-8-14-10-20-11-17-14)13-7-18-19(9-13)15-5-3-2-4-6-15/h2-7,9-12,16H,8H2,1H3. The lowest BCUT2D eigenvalue weighted by atomic mass is 10.2. The molecule has 0 radical (unpaired) electrons. The number of hydrogen-bond acceptors (Lipinski definition) is 4. The highest BCUT2D eigenvalue weighted by molar-refractivity contribution is 7.07. The zero-order valence-electron chi connectivity index (χ0n) is 11.2. The van der Waals surface area contributed by atoms with Gasteiger partial charge < -0.3 is 5.32 Å². The third-order valence-electron chi connectivity index (χ3n) is 3.20. The van der Waals surface area contributed by atoms with E-state index >= 15 is 0 Å². The summed E-state index contributed by atoms with van der Waals surface area (Å²) in [6.45, 7) is 2.92. The van der Waals surface area contributed by atoms with Gasteiger partial charge in [0.15, 0.2) is 0 Å². The Bertz CT molecular complexity index is 646. The molecular formula is C15H16N4S. The van der Waals surface area contributed by atoms with E-state index in [0.29, 0.717) is 0 Å². The zero-order valence-corrected chi connectivity index (χ0v) is 12.0. The summed E-state index contributed by atoms with van der Waals surface area (Å²) in [4.78, 5) is 4.27. The summed E-state index contributed by atoms with van der Waals surface area (Å²) < 4.78 is 1.90. The highest BCUT2D eigenvalue weighted by Gasteiger charge is 2.08. The Morgan fingerprint density at radius 2 is 2.15 bits per heavy atom. The summed E-state index contributed by atoms with van der Waals surface area (Å²) >= 11 is 1.62. The van der Waals surface area contributed by atoms with Crippen molar-refractivity contribution in [1.29, 1.82) is 0 Å². The van der Waals surface area contributed by atoms with Crippen molar-refractivity contribution in [3.05, 3.63) is 64.9 Å². The Labute approximate surface area is 122 Å². The van der Waals surface area contributed by atoms with Crippen LogP contribution in [0.15, 0.2) is 53.6 Å². The van der Waals surface area contributed by atoms with Gasteiger partial charge in [0.1, 0.15) is 0 Å². The molecule has 0 aliphatic heterocycles. The van der Waals surface area contributed by atoms with Crippen molar-refractivity contribution in [2.45, 2.75) is 19.5 Å². The fourth-order valence-electron chi connectivity index (χ4n) is 1.98. The summed E-state index contributed by atoms with van der Waals surface area (Å²) in [5.41, 5.74) is 5.18. The van der Waals surface area contributed by atoms with Crippen molar-refractivity contribution in [2.24, 2.45) is 0 Å². The molecule has 0 saturated heterocycles. The number of nitrogens with one attached hydrogen (secondary N) is 1. The van der Waals surface area contributed by atoms with Crippen molar-refractivity contribution < 1.29 is 0 Å². The minimum atomic E-state index is 0.245. The van der Waals surface area contributed by atoms with Crippen molar-refractivity contribution in [1.82, 2.24) is 20.1 Å². The number of nitrogens with zero attached hydrogens (tertiary/aromatic N) is 3. The van der Waals surface area contributed by atoms with Gasteiger partial charge in [0, 0.05) is 29.7 Å². The van der Waals surface area contributed by atoms with Crippen LogP contribution < -0.4 is 5.32 Å². The highest BCUT2D eigenvalue weighted by atomic mass is 32.1. The van der Waals surface area contributed by atoms with E-state index < -0.39 is 0 Å². The lowest BCUT2D eigenvalue weighted by Crippen LogP contribution is -2.17. The first-order valence-electron chi connectivity index (χ1n) is 6.53. The molecule has 0 bridgehead atoms. The van der Waals surface area contributed by atoms with Crippen molar-refractivity contribution in [3.63, 3.8) is 0 Å². The van der Waals surface area contributed by atoms with Crippen molar-refractivity contribution in [2.75, 3.05) is 0 Å². The minimum absolute atomic E-state index is 0.245. The molecule has 1 atom stereocenters. The van der Waals surface area contributed by atoms with Gasteiger partial charge in [0.25, 0.3) is 0 Å². The molecule has 1 N–H and O–H groups in total. The smallest absolute Gasteiger partial charge is 0.0795 e. The van der Waals surface area contributed by atoms with Crippen LogP contribution in [0.25, 0.3) is 5.69 Å². The lowest BCUT2D eigenvalue weighted by molar-refractivity contribution is 0.569. The Kier molecular flexibility index (Phi) is 3.90. The molecule has 1 unspecified atom stereocenters. The second-order valence-electron chi connectivity index (χ2n) is 4.64. The van der Waals surface area contributed by atoms with E-state index in [0.717, 1.165) is 17.9 Å². The third kappa shape index (κ3) is 2.95. The molecule has 5 heteroatoms. The summed E-state index contributed by atoms with van der Waals surface area (Å²) in [6, 6.07) is 10.4. The minimum Gasteiger partial charge on any atom is -0.304 e. The normalized spacial score (nSPS) is 12.4. The molecule has 2 aromatic heterocycles. The average molecular weight is 284 g/mol. The largest absolute Gasteiger partial charge is 0.304 e. The molecule has 20 heavy (non-hydrogen) atoms. The van der Waals surface area contributed by atoms with Gasteiger partial charge in [-0.2, -0.15) is 5.10 Å². The van der Waals surface area contributed by atoms with Crippen LogP contribution in [0.2, 0.25) is 0 Å². The van der Waals surface area contributed by atoms with E-state index in [-0.39, 0.29) is 6.04 Å². The first-order chi connectivity index (χ1) is 9.83. The molecule has 0 aliphatic rings. The number of hydrogen-bond donors (Lipinski definition) is 1. The van der Waals surface area contributed by atoms with Crippen LogP contribution in [0, 0.1) is 0 Å². The van der Waals surface area contributed by atoms with E-state index in [1.54, 1.807) is 11.3 Å². The monoisotopic (exact) mass is 284 g/mol. The van der Waals surface area contributed by atoms with Crippen LogP contribution in [-0.4, -0.2) is 14.8 Å². The zero-order chi connectivity index (χ0) is 13.8. The van der Waals surface area contributed by atoms with Crippen LogP contribution in [0.5, 0.6) is 0 Å². The molecule has 4 nitrogen and oxygen atoms in total. The van der Waals surface area contributed by atoms with Gasteiger partial charge >= 0.3 is 0 Å². The molecule has 2 heterocycles. The second-order valence-corrected chi connectivity index (χ2v) is 5.35. The number of rotatable bonds is 5. The van der Waals surface area contributed by atoms with Gasteiger partial charge in [-0.3, -0.25) is 0 Å². The van der Waals surface area contributed by atoms with Crippen LogP contribution in [-0.2, 0) is 6.54 Å². The molecule has 0 aliphatic carbocycles. The predicted octanol–water partition coefficient (Wildman–Crippen LogP) is 3.18. The first kappa shape index (κ1) is 13.0. The fraction of sp³-hybridized carbons (Fsp3) is 0.200. The van der Waals surface area contributed by atoms with Crippen molar-refractivity contribution in [3.8, 4) is 5.69 Å². The average Bonchev–Trinajstić information content (AvgIpc) is 3.17. The second kappa shape index (κ2) is 5.98. The van der Waals surface area contributed by atoms with Crippen LogP contribution in [0.4, 0.5) is 0 Å². The first-order valence-corrected chi connectivity index (χ1v) is 7.47. The maximum atomic E-state index is 4.42. The summed E-state index contributed by atoms with van der Waals surface area (Å²) in [5, 5.41) is 9.94. The molecule has 0 spiro atoms. The Balaban J connectivity index is 1.67. The van der Waals surface area contributed by atoms with E-state index in [2.05, 4.69) is 33.9 Å². The van der Waals surface area contributed by atoms with Crippen LogP contribution in [0.1, 0.15) is 24.2 Å². The van der Waals surface area contributed by atoms with E-state index in [1.165, 1.54) is 5.56 Å².